The molecule has 0 aromatic heterocycles. The van der Waals surface area contributed by atoms with Crippen LogP contribution in [0.5, 0.6) is 0 Å². The van der Waals surface area contributed by atoms with Crippen LogP contribution in [0.3, 0.4) is 0 Å². The van der Waals surface area contributed by atoms with E-state index in [9.17, 15) is 9.59 Å². The van der Waals surface area contributed by atoms with Gasteiger partial charge in [-0.25, -0.2) is 0 Å². The minimum absolute atomic E-state index is 0.0169. The van der Waals surface area contributed by atoms with Gasteiger partial charge in [0.15, 0.2) is 0 Å². The first-order valence-electron chi connectivity index (χ1n) is 11.3. The largest absolute Gasteiger partial charge is 0.352 e. The summed E-state index contributed by atoms with van der Waals surface area (Å²) in [5.74, 6) is 4.76. The molecule has 4 fully saturated rings. The fraction of sp³-hybridized carbons (Fsp3) is 0.667. The summed E-state index contributed by atoms with van der Waals surface area (Å²) in [7, 11) is 0. The molecule has 150 valence electrons. The van der Waals surface area contributed by atoms with E-state index in [2.05, 4.69) is 10.6 Å². The molecule has 1 aromatic carbocycles. The third kappa shape index (κ3) is 3.58. The van der Waals surface area contributed by atoms with Gasteiger partial charge in [-0.2, -0.15) is 0 Å². The quantitative estimate of drug-likeness (QED) is 0.783. The Balaban J connectivity index is 1.10. The molecule has 2 amide bonds. The van der Waals surface area contributed by atoms with Crippen LogP contribution in [0, 0.1) is 35.5 Å². The lowest BCUT2D eigenvalue weighted by atomic mass is 9.89. The molecule has 0 aliphatic heterocycles. The van der Waals surface area contributed by atoms with Gasteiger partial charge in [0.05, 0.1) is 0 Å². The first kappa shape index (κ1) is 18.2. The van der Waals surface area contributed by atoms with E-state index < -0.39 is 0 Å². The molecule has 0 radical (unpaired) electrons. The zero-order valence-electron chi connectivity index (χ0n) is 16.7. The predicted molar refractivity (Wildman–Crippen MR) is 109 cm³/mol. The Bertz CT molecular complexity index is 680. The number of benzene rings is 1. The molecule has 4 nitrogen and oxygen atoms in total. The molecule has 1 aromatic rings. The van der Waals surface area contributed by atoms with Crippen LogP contribution in [-0.2, 0) is 0 Å². The Morgan fingerprint density at radius 2 is 1.11 bits per heavy atom. The van der Waals surface area contributed by atoms with Crippen molar-refractivity contribution in [2.75, 3.05) is 13.1 Å². The van der Waals surface area contributed by atoms with E-state index in [1.165, 1.54) is 51.4 Å². The van der Waals surface area contributed by atoms with Gasteiger partial charge in [-0.15, -0.1) is 0 Å². The molecule has 0 saturated heterocycles. The van der Waals surface area contributed by atoms with Crippen LogP contribution in [0.4, 0.5) is 0 Å². The van der Waals surface area contributed by atoms with E-state index in [0.29, 0.717) is 23.0 Å². The van der Waals surface area contributed by atoms with Gasteiger partial charge in [-0.3, -0.25) is 9.59 Å². The number of fused-ring (bicyclic) bond motifs is 4. The van der Waals surface area contributed by atoms with Gasteiger partial charge in [0, 0.05) is 24.2 Å². The average molecular weight is 381 g/mol. The highest BCUT2D eigenvalue weighted by molar-refractivity contribution is 5.97. The zero-order chi connectivity index (χ0) is 19.1. The van der Waals surface area contributed by atoms with Crippen molar-refractivity contribution in [2.24, 2.45) is 35.5 Å². The maximum absolute atomic E-state index is 12.5. The van der Waals surface area contributed by atoms with Gasteiger partial charge in [-0.1, -0.05) is 12.8 Å². The van der Waals surface area contributed by atoms with Gasteiger partial charge in [0.1, 0.15) is 0 Å². The second-order valence-corrected chi connectivity index (χ2v) is 9.87. The van der Waals surface area contributed by atoms with Crippen LogP contribution >= 0.6 is 0 Å². The molecular formula is C24H32N2O2. The first-order chi connectivity index (χ1) is 13.7. The SMILES string of the molecule is O=C(NC[C@@H]1C[C@@H]2CC[C@@H]1C2)c1ccc(C(=O)NC[C@@H]2C[C@H]3CC[C@@H]2C3)cc1. The standard InChI is InChI=1S/C24H32N2O2/c27-23(25-13-21-11-15-1-3-19(21)9-15)17-5-7-18(8-6-17)24(28)26-14-22-12-16-2-4-20(22)10-16/h5-8,15-16,19-22H,1-4,9-14H2,(H,25,27)(H,26,28)/t15-,16+,19-,20-,21+,22+/m1/s1. The molecule has 4 aliphatic rings. The lowest BCUT2D eigenvalue weighted by Crippen LogP contribution is -2.32. The number of carbonyl (C=O) groups is 2. The summed E-state index contributed by atoms with van der Waals surface area (Å²) in [5, 5.41) is 6.23. The lowest BCUT2D eigenvalue weighted by Gasteiger charge is -2.22. The Hall–Kier alpha value is -1.84. The average Bonchev–Trinajstić information content (AvgIpc) is 3.52. The van der Waals surface area contributed by atoms with E-state index in [1.54, 1.807) is 24.3 Å². The van der Waals surface area contributed by atoms with Crippen molar-refractivity contribution in [3.63, 3.8) is 0 Å². The van der Waals surface area contributed by atoms with Crippen LogP contribution in [-0.4, -0.2) is 24.9 Å². The minimum atomic E-state index is -0.0169. The van der Waals surface area contributed by atoms with Gasteiger partial charge >= 0.3 is 0 Å². The van der Waals surface area contributed by atoms with E-state index >= 15 is 0 Å². The Morgan fingerprint density at radius 1 is 0.679 bits per heavy atom. The number of rotatable bonds is 6. The van der Waals surface area contributed by atoms with E-state index in [0.717, 1.165) is 36.8 Å². The Labute approximate surface area is 167 Å². The fourth-order valence-corrected chi connectivity index (χ4v) is 6.68. The van der Waals surface area contributed by atoms with E-state index in [-0.39, 0.29) is 11.8 Å². The number of amides is 2. The molecule has 5 rings (SSSR count). The lowest BCUT2D eigenvalue weighted by molar-refractivity contribution is 0.0930. The van der Waals surface area contributed by atoms with Crippen LogP contribution in [0.25, 0.3) is 0 Å². The fourth-order valence-electron chi connectivity index (χ4n) is 6.68. The second-order valence-electron chi connectivity index (χ2n) is 9.87. The third-order valence-electron chi connectivity index (χ3n) is 8.23. The van der Waals surface area contributed by atoms with Crippen molar-refractivity contribution in [2.45, 2.75) is 51.4 Å². The van der Waals surface area contributed by atoms with Gasteiger partial charge in [0.25, 0.3) is 11.8 Å². The molecule has 4 bridgehead atoms. The molecule has 0 unspecified atom stereocenters. The second kappa shape index (κ2) is 7.53. The number of hydrogen-bond donors (Lipinski definition) is 2. The van der Waals surface area contributed by atoms with Crippen LogP contribution < -0.4 is 10.6 Å². The smallest absolute Gasteiger partial charge is 0.251 e. The van der Waals surface area contributed by atoms with E-state index in [1.807, 2.05) is 0 Å². The van der Waals surface area contributed by atoms with Crippen molar-refractivity contribution >= 4 is 11.8 Å². The summed E-state index contributed by atoms with van der Waals surface area (Å²) >= 11 is 0. The maximum atomic E-state index is 12.5. The summed E-state index contributed by atoms with van der Waals surface area (Å²) in [5.41, 5.74) is 1.29. The molecule has 4 heteroatoms. The summed E-state index contributed by atoms with van der Waals surface area (Å²) in [6.07, 6.45) is 10.8. The summed E-state index contributed by atoms with van der Waals surface area (Å²) in [6, 6.07) is 7.12. The topological polar surface area (TPSA) is 58.2 Å². The first-order valence-corrected chi connectivity index (χ1v) is 11.3. The number of carbonyl (C=O) groups excluding carboxylic acids is 2. The Morgan fingerprint density at radius 3 is 1.43 bits per heavy atom. The monoisotopic (exact) mass is 380 g/mol. The minimum Gasteiger partial charge on any atom is -0.352 e. The van der Waals surface area contributed by atoms with Crippen molar-refractivity contribution < 1.29 is 9.59 Å². The Kier molecular flexibility index (Phi) is 4.90. The maximum Gasteiger partial charge on any atom is 0.251 e. The van der Waals surface area contributed by atoms with Crippen molar-refractivity contribution in [1.29, 1.82) is 0 Å². The van der Waals surface area contributed by atoms with Gasteiger partial charge < -0.3 is 10.6 Å². The highest BCUT2D eigenvalue weighted by atomic mass is 16.2. The number of nitrogens with one attached hydrogen (secondary N) is 2. The van der Waals surface area contributed by atoms with Crippen LogP contribution in [0.15, 0.2) is 24.3 Å². The van der Waals surface area contributed by atoms with Crippen LogP contribution in [0.1, 0.15) is 72.1 Å². The van der Waals surface area contributed by atoms with Crippen molar-refractivity contribution in [3.8, 4) is 0 Å². The summed E-state index contributed by atoms with van der Waals surface area (Å²) in [6.45, 7) is 1.59. The normalized spacial score (nSPS) is 35.3. The van der Waals surface area contributed by atoms with Gasteiger partial charge in [0.2, 0.25) is 0 Å². The summed E-state index contributed by atoms with van der Waals surface area (Å²) in [4.78, 5) is 24.9. The third-order valence-corrected chi connectivity index (χ3v) is 8.23. The molecule has 0 spiro atoms. The molecular weight excluding hydrogens is 348 g/mol. The molecule has 28 heavy (non-hydrogen) atoms. The predicted octanol–water partition coefficient (Wildman–Crippen LogP) is 4.02. The molecule has 6 atom stereocenters. The highest BCUT2D eigenvalue weighted by Gasteiger charge is 2.40. The molecule has 2 N–H and O–H groups in total. The van der Waals surface area contributed by atoms with Crippen molar-refractivity contribution in [1.82, 2.24) is 10.6 Å². The molecule has 4 aliphatic carbocycles. The zero-order valence-corrected chi connectivity index (χ0v) is 16.7. The van der Waals surface area contributed by atoms with Crippen molar-refractivity contribution in [3.05, 3.63) is 35.4 Å². The number of hydrogen-bond acceptors (Lipinski definition) is 2. The van der Waals surface area contributed by atoms with Gasteiger partial charge in [-0.05, 0) is 98.3 Å². The van der Waals surface area contributed by atoms with Crippen LogP contribution in [0.2, 0.25) is 0 Å². The summed E-state index contributed by atoms with van der Waals surface area (Å²) < 4.78 is 0. The highest BCUT2D eigenvalue weighted by Crippen LogP contribution is 2.48. The molecule has 0 heterocycles. The van der Waals surface area contributed by atoms with E-state index in [4.69, 9.17) is 0 Å². The molecule has 4 saturated carbocycles.